The first kappa shape index (κ1) is 17.5. The van der Waals surface area contributed by atoms with Gasteiger partial charge < -0.3 is 4.90 Å². The smallest absolute Gasteiger partial charge is 0.248 e. The maximum absolute atomic E-state index is 12.0. The van der Waals surface area contributed by atoms with Gasteiger partial charge in [0.05, 0.1) is 23.6 Å². The van der Waals surface area contributed by atoms with Crippen molar-refractivity contribution in [2.24, 2.45) is 4.99 Å². The summed E-state index contributed by atoms with van der Waals surface area (Å²) in [6.45, 7) is 3.99. The van der Waals surface area contributed by atoms with Crippen LogP contribution in [0.2, 0.25) is 0 Å². The summed E-state index contributed by atoms with van der Waals surface area (Å²) in [5.41, 5.74) is 1.10. The minimum Gasteiger partial charge on any atom is -0.339 e. The third-order valence-electron chi connectivity index (χ3n) is 4.49. The molecule has 1 aromatic carbocycles. The number of benzene rings is 1. The van der Waals surface area contributed by atoms with Crippen molar-refractivity contribution in [3.63, 3.8) is 0 Å². The molecule has 5 nitrogen and oxygen atoms in total. The minimum atomic E-state index is -3.02. The molecule has 0 saturated carbocycles. The lowest BCUT2D eigenvalue weighted by Gasteiger charge is -2.31. The Morgan fingerprint density at radius 3 is 2.71 bits per heavy atom. The van der Waals surface area contributed by atoms with Gasteiger partial charge in [0.25, 0.3) is 0 Å². The Balaban J connectivity index is 1.94. The highest BCUT2D eigenvalue weighted by atomic mass is 32.2. The van der Waals surface area contributed by atoms with E-state index in [-0.39, 0.29) is 34.7 Å². The largest absolute Gasteiger partial charge is 0.339 e. The fraction of sp³-hybridized carbons (Fsp3) is 0.529. The van der Waals surface area contributed by atoms with Gasteiger partial charge in [-0.15, -0.1) is 0 Å². The summed E-state index contributed by atoms with van der Waals surface area (Å²) in [6, 6.07) is 9.82. The fourth-order valence-corrected chi connectivity index (χ4v) is 7.33. The molecule has 2 aliphatic rings. The van der Waals surface area contributed by atoms with Crippen LogP contribution in [0.3, 0.4) is 0 Å². The summed E-state index contributed by atoms with van der Waals surface area (Å²) in [5, 5.41) is 0.643. The Hall–Kier alpha value is -1.34. The molecule has 0 spiro atoms. The third kappa shape index (κ3) is 3.52. The van der Waals surface area contributed by atoms with Gasteiger partial charge >= 0.3 is 0 Å². The van der Waals surface area contributed by atoms with Crippen molar-refractivity contribution in [2.45, 2.75) is 44.0 Å². The second-order valence-corrected chi connectivity index (χ2v) is 9.69. The van der Waals surface area contributed by atoms with E-state index < -0.39 is 9.84 Å². The SMILES string of the molecule is CCCC(=O)N=C1S[C@H]2CS(=O)(=O)C[C@H]2N1C(C)c1ccccc1. The van der Waals surface area contributed by atoms with Crippen molar-refractivity contribution in [1.82, 2.24) is 4.90 Å². The summed E-state index contributed by atoms with van der Waals surface area (Å²) >= 11 is 1.44. The number of sulfone groups is 1. The molecule has 130 valence electrons. The van der Waals surface area contributed by atoms with Gasteiger partial charge in [-0.25, -0.2) is 8.42 Å². The highest BCUT2D eigenvalue weighted by Gasteiger charge is 2.50. The molecule has 2 heterocycles. The summed E-state index contributed by atoms with van der Waals surface area (Å²) in [7, 11) is -3.02. The summed E-state index contributed by atoms with van der Waals surface area (Å²) < 4.78 is 24.1. The van der Waals surface area contributed by atoms with E-state index in [0.717, 1.165) is 12.0 Å². The molecule has 0 radical (unpaired) electrons. The van der Waals surface area contributed by atoms with Crippen molar-refractivity contribution < 1.29 is 13.2 Å². The maximum Gasteiger partial charge on any atom is 0.248 e. The molecular weight excluding hydrogens is 344 g/mol. The molecule has 3 atom stereocenters. The van der Waals surface area contributed by atoms with Gasteiger partial charge in [0.1, 0.15) is 0 Å². The summed E-state index contributed by atoms with van der Waals surface area (Å²) in [4.78, 5) is 18.3. The second-order valence-electron chi connectivity index (χ2n) is 6.33. The Kier molecular flexibility index (Phi) is 5.01. The standard InChI is InChI=1S/C17H22N2O3S2/c1-3-7-16(20)18-17-19(12(2)13-8-5-4-6-9-13)14-10-24(21,22)11-15(14)23-17/h4-6,8-9,12,14-15H,3,7,10-11H2,1-2H3/t12?,14-,15+/m1/s1. The Morgan fingerprint density at radius 2 is 2.04 bits per heavy atom. The molecule has 3 rings (SSSR count). The zero-order valence-corrected chi connectivity index (χ0v) is 15.5. The number of thioether (sulfide) groups is 1. The lowest BCUT2D eigenvalue weighted by atomic mass is 10.1. The molecule has 2 fully saturated rings. The maximum atomic E-state index is 12.0. The van der Waals surface area contributed by atoms with Crippen LogP contribution in [0.25, 0.3) is 0 Å². The van der Waals surface area contributed by atoms with Gasteiger partial charge in [-0.3, -0.25) is 4.79 Å². The zero-order valence-electron chi connectivity index (χ0n) is 13.9. The molecular formula is C17H22N2O3S2. The first-order valence-corrected chi connectivity index (χ1v) is 10.9. The molecule has 0 bridgehead atoms. The van der Waals surface area contributed by atoms with E-state index in [9.17, 15) is 13.2 Å². The monoisotopic (exact) mass is 366 g/mol. The van der Waals surface area contributed by atoms with Crippen LogP contribution in [0.4, 0.5) is 0 Å². The average molecular weight is 367 g/mol. The molecule has 1 amide bonds. The highest BCUT2D eigenvalue weighted by Crippen LogP contribution is 2.42. The van der Waals surface area contributed by atoms with Gasteiger partial charge in [0.2, 0.25) is 5.91 Å². The Morgan fingerprint density at radius 1 is 1.33 bits per heavy atom. The van der Waals surface area contributed by atoms with E-state index >= 15 is 0 Å². The van der Waals surface area contributed by atoms with Crippen molar-refractivity contribution in [3.05, 3.63) is 35.9 Å². The van der Waals surface area contributed by atoms with Gasteiger partial charge in [0, 0.05) is 11.7 Å². The van der Waals surface area contributed by atoms with Gasteiger partial charge in [-0.1, -0.05) is 49.0 Å². The molecule has 0 aliphatic carbocycles. The highest BCUT2D eigenvalue weighted by molar-refractivity contribution is 8.15. The number of aliphatic imine (C=N–C) groups is 1. The summed E-state index contributed by atoms with van der Waals surface area (Å²) in [5.74, 6) is 0.178. The number of hydrogen-bond acceptors (Lipinski definition) is 4. The van der Waals surface area contributed by atoms with E-state index in [0.29, 0.717) is 11.6 Å². The van der Waals surface area contributed by atoms with Crippen molar-refractivity contribution in [1.29, 1.82) is 0 Å². The van der Waals surface area contributed by atoms with Crippen LogP contribution in [0, 0.1) is 0 Å². The number of amides is 1. The Labute approximate surface area is 147 Å². The first-order chi connectivity index (χ1) is 11.4. The number of amidine groups is 1. The lowest BCUT2D eigenvalue weighted by molar-refractivity contribution is -0.117. The van der Waals surface area contributed by atoms with E-state index in [1.54, 1.807) is 0 Å². The van der Waals surface area contributed by atoms with Gasteiger partial charge in [-0.05, 0) is 18.9 Å². The van der Waals surface area contributed by atoms with Crippen LogP contribution >= 0.6 is 11.8 Å². The van der Waals surface area contributed by atoms with Crippen LogP contribution < -0.4 is 0 Å². The van der Waals surface area contributed by atoms with E-state index in [1.165, 1.54) is 11.8 Å². The first-order valence-electron chi connectivity index (χ1n) is 8.23. The van der Waals surface area contributed by atoms with Crippen LogP contribution in [0.5, 0.6) is 0 Å². The summed E-state index contributed by atoms with van der Waals surface area (Å²) in [6.07, 6.45) is 1.18. The number of carbonyl (C=O) groups is 1. The molecule has 24 heavy (non-hydrogen) atoms. The van der Waals surface area contributed by atoms with E-state index in [4.69, 9.17) is 0 Å². The van der Waals surface area contributed by atoms with E-state index in [1.807, 2.05) is 49.1 Å². The molecule has 2 saturated heterocycles. The van der Waals surface area contributed by atoms with Gasteiger partial charge in [0.15, 0.2) is 15.0 Å². The number of hydrogen-bond donors (Lipinski definition) is 0. The Bertz CT molecular complexity index is 746. The third-order valence-corrected chi connectivity index (χ3v) is 7.71. The molecule has 0 N–H and O–H groups in total. The normalized spacial score (nSPS) is 28.1. The molecule has 0 aromatic heterocycles. The van der Waals surface area contributed by atoms with E-state index in [2.05, 4.69) is 4.99 Å². The lowest BCUT2D eigenvalue weighted by Crippen LogP contribution is -2.39. The van der Waals surface area contributed by atoms with Crippen molar-refractivity contribution in [3.8, 4) is 0 Å². The quantitative estimate of drug-likeness (QED) is 0.819. The van der Waals surface area contributed by atoms with Crippen molar-refractivity contribution >= 4 is 32.7 Å². The number of nitrogens with zero attached hydrogens (tertiary/aromatic N) is 2. The molecule has 1 aromatic rings. The number of carbonyl (C=O) groups excluding carboxylic acids is 1. The molecule has 7 heteroatoms. The predicted octanol–water partition coefficient (Wildman–Crippen LogP) is 2.64. The molecule has 1 unspecified atom stereocenters. The second kappa shape index (κ2) is 6.88. The zero-order chi connectivity index (χ0) is 17.3. The van der Waals surface area contributed by atoms with Crippen LogP contribution in [0.15, 0.2) is 35.3 Å². The number of rotatable bonds is 4. The van der Waals surface area contributed by atoms with Crippen LogP contribution in [-0.2, 0) is 14.6 Å². The fourth-order valence-electron chi connectivity index (χ4n) is 3.31. The van der Waals surface area contributed by atoms with Crippen LogP contribution in [-0.4, -0.2) is 47.2 Å². The average Bonchev–Trinajstić information content (AvgIpc) is 2.98. The number of fused-ring (bicyclic) bond motifs is 1. The topological polar surface area (TPSA) is 66.8 Å². The molecule has 2 aliphatic heterocycles. The predicted molar refractivity (Wildman–Crippen MR) is 97.9 cm³/mol. The van der Waals surface area contributed by atoms with Gasteiger partial charge in [-0.2, -0.15) is 4.99 Å². The van der Waals surface area contributed by atoms with Crippen LogP contribution in [0.1, 0.15) is 38.3 Å². The van der Waals surface area contributed by atoms with Crippen molar-refractivity contribution in [2.75, 3.05) is 11.5 Å². The minimum absolute atomic E-state index is 0.0184.